The van der Waals surface area contributed by atoms with Crippen molar-refractivity contribution < 1.29 is 0 Å². The van der Waals surface area contributed by atoms with Crippen molar-refractivity contribution in [3.05, 3.63) is 52.9 Å². The van der Waals surface area contributed by atoms with Gasteiger partial charge in [-0.25, -0.2) is 14.4 Å². The predicted octanol–water partition coefficient (Wildman–Crippen LogP) is 3.89. The minimum absolute atomic E-state index is 0.158. The van der Waals surface area contributed by atoms with Gasteiger partial charge in [-0.1, -0.05) is 39.8 Å². The lowest BCUT2D eigenvalue weighted by atomic mass is 10.2. The zero-order valence-corrected chi connectivity index (χ0v) is 15.2. The molecule has 6 heteroatoms. The summed E-state index contributed by atoms with van der Waals surface area (Å²) in [4.78, 5) is 26.0. The number of nitrogens with one attached hydrogen (secondary N) is 1. The summed E-state index contributed by atoms with van der Waals surface area (Å²) in [7, 11) is 1.78. The number of para-hydroxylation sites is 1. The maximum atomic E-state index is 12.7. The van der Waals surface area contributed by atoms with Crippen LogP contribution >= 0.6 is 0 Å². The average Bonchev–Trinajstić information content (AvgIpc) is 2.70. The van der Waals surface area contributed by atoms with E-state index in [1.165, 1.54) is 4.40 Å². The number of fused-ring (bicyclic) bond motifs is 4. The van der Waals surface area contributed by atoms with Crippen LogP contribution in [0.2, 0.25) is 0 Å². The number of pyridine rings is 1. The molecule has 0 saturated heterocycles. The van der Waals surface area contributed by atoms with Crippen LogP contribution in [0.5, 0.6) is 0 Å². The van der Waals surface area contributed by atoms with Crippen molar-refractivity contribution in [1.29, 1.82) is 0 Å². The van der Waals surface area contributed by atoms with Crippen LogP contribution in [0.25, 0.3) is 27.7 Å². The minimum Gasteiger partial charge on any atom is -0.372 e. The summed E-state index contributed by atoms with van der Waals surface area (Å²) in [5.74, 6) is 0.995. The third kappa shape index (κ3) is 3.15. The highest BCUT2D eigenvalue weighted by molar-refractivity contribution is 5.90. The zero-order chi connectivity index (χ0) is 18.4. The Kier molecular flexibility index (Phi) is 6.00. The highest BCUT2D eigenvalue weighted by atomic mass is 16.1. The molecule has 4 aromatic rings. The Morgan fingerprint density at radius 2 is 1.60 bits per heavy atom. The van der Waals surface area contributed by atoms with Gasteiger partial charge in [0.05, 0.1) is 16.3 Å². The molecule has 0 aliphatic carbocycles. The Morgan fingerprint density at radius 3 is 2.32 bits per heavy atom. The van der Waals surface area contributed by atoms with Crippen molar-refractivity contribution in [2.45, 2.75) is 27.7 Å². The quantitative estimate of drug-likeness (QED) is 0.421. The molecule has 1 N–H and O–H groups in total. The largest absolute Gasteiger partial charge is 0.372 e. The van der Waals surface area contributed by atoms with Gasteiger partial charge in [-0.15, -0.1) is 0 Å². The molecule has 0 atom stereocenters. The SMILES string of the molecule is CC.CC.CNc1nc2nc3ccccc3c(=O)n2c2ncccc12. The second kappa shape index (κ2) is 8.19. The van der Waals surface area contributed by atoms with Crippen molar-refractivity contribution >= 4 is 33.5 Å². The zero-order valence-electron chi connectivity index (χ0n) is 15.2. The molecule has 0 aliphatic rings. The molecule has 0 amide bonds. The van der Waals surface area contributed by atoms with Gasteiger partial charge in [0.2, 0.25) is 5.78 Å². The van der Waals surface area contributed by atoms with E-state index in [2.05, 4.69) is 20.3 Å². The Hall–Kier alpha value is -3.02. The van der Waals surface area contributed by atoms with Crippen LogP contribution in [0.4, 0.5) is 5.82 Å². The normalized spacial score (nSPS) is 9.96. The van der Waals surface area contributed by atoms with E-state index in [1.54, 1.807) is 25.4 Å². The Morgan fingerprint density at radius 1 is 0.920 bits per heavy atom. The van der Waals surface area contributed by atoms with Gasteiger partial charge in [-0.3, -0.25) is 4.79 Å². The lowest BCUT2D eigenvalue weighted by Crippen LogP contribution is -2.18. The van der Waals surface area contributed by atoms with E-state index >= 15 is 0 Å². The van der Waals surface area contributed by atoms with Gasteiger partial charge in [-0.2, -0.15) is 4.98 Å². The molecule has 3 heterocycles. The van der Waals surface area contributed by atoms with Crippen LogP contribution in [-0.4, -0.2) is 26.4 Å². The molecule has 130 valence electrons. The molecule has 25 heavy (non-hydrogen) atoms. The van der Waals surface area contributed by atoms with E-state index in [-0.39, 0.29) is 5.56 Å². The number of anilines is 1. The fourth-order valence-electron chi connectivity index (χ4n) is 2.50. The summed E-state index contributed by atoms with van der Waals surface area (Å²) in [6, 6.07) is 10.9. The molecule has 6 nitrogen and oxygen atoms in total. The monoisotopic (exact) mass is 337 g/mol. The van der Waals surface area contributed by atoms with Crippen molar-refractivity contribution in [3.63, 3.8) is 0 Å². The molecule has 0 saturated carbocycles. The molecule has 1 aromatic carbocycles. The first-order valence-electron chi connectivity index (χ1n) is 8.53. The fraction of sp³-hybridized carbons (Fsp3) is 0.263. The van der Waals surface area contributed by atoms with Gasteiger partial charge >= 0.3 is 0 Å². The lowest BCUT2D eigenvalue weighted by molar-refractivity contribution is 1.05. The molecule has 0 aliphatic heterocycles. The van der Waals surface area contributed by atoms with Crippen molar-refractivity contribution in [2.75, 3.05) is 12.4 Å². The van der Waals surface area contributed by atoms with Crippen LogP contribution < -0.4 is 10.9 Å². The summed E-state index contributed by atoms with van der Waals surface area (Å²) in [6.07, 6.45) is 1.66. The lowest BCUT2D eigenvalue weighted by Gasteiger charge is -2.09. The smallest absolute Gasteiger partial charge is 0.268 e. The predicted molar refractivity (Wildman–Crippen MR) is 104 cm³/mol. The maximum Gasteiger partial charge on any atom is 0.268 e. The standard InChI is InChI=1S/C15H11N5O.2C2H6/c1-16-12-10-6-4-8-17-13(10)20-14(21)9-5-2-3-7-11(9)18-15(20)19-12;2*1-2/h2-8H,1H3,(H,16,18,19);2*1-2H3. The van der Waals surface area contributed by atoms with Gasteiger partial charge in [0.1, 0.15) is 5.82 Å². The topological polar surface area (TPSA) is 72.2 Å². The number of aromatic nitrogens is 4. The number of hydrogen-bond donors (Lipinski definition) is 1. The first kappa shape index (κ1) is 18.3. The summed E-state index contributed by atoms with van der Waals surface area (Å²) in [5, 5.41) is 4.36. The Bertz CT molecular complexity index is 1060. The average molecular weight is 337 g/mol. The molecule has 0 spiro atoms. The number of rotatable bonds is 1. The van der Waals surface area contributed by atoms with Crippen molar-refractivity contribution in [3.8, 4) is 0 Å². The van der Waals surface area contributed by atoms with Gasteiger partial charge in [0.15, 0.2) is 5.65 Å². The third-order valence-corrected chi connectivity index (χ3v) is 3.46. The van der Waals surface area contributed by atoms with E-state index in [9.17, 15) is 4.79 Å². The van der Waals surface area contributed by atoms with E-state index in [0.717, 1.165) is 5.39 Å². The maximum absolute atomic E-state index is 12.7. The van der Waals surface area contributed by atoms with Crippen LogP contribution in [0, 0.1) is 0 Å². The molecular weight excluding hydrogens is 314 g/mol. The third-order valence-electron chi connectivity index (χ3n) is 3.46. The first-order chi connectivity index (χ1) is 12.3. The molecule has 0 unspecified atom stereocenters. The Balaban J connectivity index is 0.000000528. The Labute approximate surface area is 146 Å². The summed E-state index contributed by atoms with van der Waals surface area (Å²) in [6.45, 7) is 8.00. The number of benzene rings is 1. The van der Waals surface area contributed by atoms with Gasteiger partial charge < -0.3 is 5.32 Å². The van der Waals surface area contributed by atoms with Crippen LogP contribution in [0.3, 0.4) is 0 Å². The van der Waals surface area contributed by atoms with E-state index in [1.807, 2.05) is 52.0 Å². The van der Waals surface area contributed by atoms with Crippen LogP contribution in [0.15, 0.2) is 47.4 Å². The van der Waals surface area contributed by atoms with Crippen molar-refractivity contribution in [1.82, 2.24) is 19.4 Å². The van der Waals surface area contributed by atoms with Gasteiger partial charge in [-0.05, 0) is 24.3 Å². The summed E-state index contributed by atoms with van der Waals surface area (Å²) >= 11 is 0. The summed E-state index contributed by atoms with van der Waals surface area (Å²) < 4.78 is 1.46. The van der Waals surface area contributed by atoms with Crippen LogP contribution in [0.1, 0.15) is 27.7 Å². The highest BCUT2D eigenvalue weighted by Gasteiger charge is 2.12. The van der Waals surface area contributed by atoms with Gasteiger partial charge in [0, 0.05) is 13.2 Å². The second-order valence-corrected chi connectivity index (χ2v) is 4.65. The van der Waals surface area contributed by atoms with E-state index in [0.29, 0.717) is 28.1 Å². The molecule has 0 bridgehead atoms. The fourth-order valence-corrected chi connectivity index (χ4v) is 2.50. The molecular formula is C19H23N5O. The molecule has 3 aromatic heterocycles. The molecule has 0 fully saturated rings. The molecule has 0 radical (unpaired) electrons. The molecule has 4 rings (SSSR count). The minimum atomic E-state index is -0.158. The van der Waals surface area contributed by atoms with Crippen LogP contribution in [-0.2, 0) is 0 Å². The first-order valence-corrected chi connectivity index (χ1v) is 8.53. The number of hydrogen-bond acceptors (Lipinski definition) is 5. The highest BCUT2D eigenvalue weighted by Crippen LogP contribution is 2.20. The summed E-state index contributed by atoms with van der Waals surface area (Å²) in [5.41, 5.74) is 1.02. The second-order valence-electron chi connectivity index (χ2n) is 4.65. The van der Waals surface area contributed by atoms with E-state index < -0.39 is 0 Å². The number of nitrogens with zero attached hydrogens (tertiary/aromatic N) is 4. The van der Waals surface area contributed by atoms with E-state index in [4.69, 9.17) is 0 Å². The van der Waals surface area contributed by atoms with Gasteiger partial charge in [0.25, 0.3) is 5.56 Å². The van der Waals surface area contributed by atoms with Crippen molar-refractivity contribution in [2.24, 2.45) is 0 Å².